The van der Waals surface area contributed by atoms with Crippen LogP contribution in [-0.4, -0.2) is 48.3 Å². The molecule has 102 valence electrons. The minimum absolute atomic E-state index is 0.0653. The molecule has 1 aliphatic rings. The van der Waals surface area contributed by atoms with Gasteiger partial charge >= 0.3 is 0 Å². The first-order valence-corrected chi connectivity index (χ1v) is 6.13. The van der Waals surface area contributed by atoms with Gasteiger partial charge in [0, 0.05) is 12.5 Å². The first-order chi connectivity index (χ1) is 8.47. The number of nitrogens with zero attached hydrogens (tertiary/aromatic N) is 1. The van der Waals surface area contributed by atoms with Crippen molar-refractivity contribution in [2.75, 3.05) is 19.8 Å². The zero-order chi connectivity index (χ0) is 13.7. The maximum Gasteiger partial charge on any atom is 0.243 e. The summed E-state index contributed by atoms with van der Waals surface area (Å²) in [6.07, 6.45) is 1.36. The molecule has 0 bridgehead atoms. The van der Waals surface area contributed by atoms with Gasteiger partial charge in [0.1, 0.15) is 12.7 Å². The Morgan fingerprint density at radius 3 is 2.61 bits per heavy atom. The van der Waals surface area contributed by atoms with Gasteiger partial charge in [-0.3, -0.25) is 14.4 Å². The maximum absolute atomic E-state index is 12.0. The second-order valence-corrected chi connectivity index (χ2v) is 4.73. The van der Waals surface area contributed by atoms with Gasteiger partial charge in [0.05, 0.1) is 6.54 Å². The molecule has 0 radical (unpaired) electrons. The minimum Gasteiger partial charge on any atom is -0.347 e. The maximum atomic E-state index is 12.0. The molecule has 0 aromatic carbocycles. The molecule has 1 fully saturated rings. The second kappa shape index (κ2) is 6.47. The molecule has 0 spiro atoms. The van der Waals surface area contributed by atoms with Crippen LogP contribution in [0.4, 0.5) is 4.39 Å². The molecule has 0 unspecified atom stereocenters. The summed E-state index contributed by atoms with van der Waals surface area (Å²) in [5.41, 5.74) is 0. The number of carbonyl (C=O) groups is 3. The van der Waals surface area contributed by atoms with E-state index in [-0.39, 0.29) is 24.3 Å². The molecule has 0 saturated carbocycles. The van der Waals surface area contributed by atoms with E-state index in [0.29, 0.717) is 13.0 Å². The van der Waals surface area contributed by atoms with E-state index in [0.717, 1.165) is 6.42 Å². The molecule has 1 atom stereocenters. The molecule has 0 aromatic rings. The highest BCUT2D eigenvalue weighted by atomic mass is 19.1. The lowest BCUT2D eigenvalue weighted by atomic mass is 10.1. The van der Waals surface area contributed by atoms with Gasteiger partial charge < -0.3 is 10.2 Å². The Labute approximate surface area is 106 Å². The number of halogens is 1. The van der Waals surface area contributed by atoms with E-state index in [9.17, 15) is 18.8 Å². The van der Waals surface area contributed by atoms with Gasteiger partial charge in [-0.15, -0.1) is 0 Å². The lowest BCUT2D eigenvalue weighted by Gasteiger charge is -2.25. The number of alkyl halides is 1. The molecule has 1 saturated heterocycles. The standard InChI is InChI=1S/C12H19FN2O3/c1-8(2)12(18)15-5-3-4-10(15)11(17)14-7-9(16)6-13/h8,10H,3-7H2,1-2H3,(H,14,17)/t10-/m0/s1. The molecular formula is C12H19FN2O3. The lowest BCUT2D eigenvalue weighted by Crippen LogP contribution is -2.48. The van der Waals surface area contributed by atoms with Gasteiger partial charge in [0.15, 0.2) is 5.78 Å². The fourth-order valence-electron chi connectivity index (χ4n) is 1.99. The Hall–Kier alpha value is -1.46. The molecule has 18 heavy (non-hydrogen) atoms. The van der Waals surface area contributed by atoms with E-state index in [1.165, 1.54) is 0 Å². The first kappa shape index (κ1) is 14.6. The van der Waals surface area contributed by atoms with Gasteiger partial charge in [-0.2, -0.15) is 0 Å². The van der Waals surface area contributed by atoms with Crippen LogP contribution < -0.4 is 5.32 Å². The van der Waals surface area contributed by atoms with E-state index >= 15 is 0 Å². The summed E-state index contributed by atoms with van der Waals surface area (Å²) in [4.78, 5) is 36.0. The third-order valence-corrected chi connectivity index (χ3v) is 2.94. The third kappa shape index (κ3) is 3.51. The zero-order valence-corrected chi connectivity index (χ0v) is 10.7. The van der Waals surface area contributed by atoms with Crippen molar-refractivity contribution in [2.45, 2.75) is 32.7 Å². The number of ketones is 1. The average molecular weight is 258 g/mol. The number of amides is 2. The number of hydrogen-bond acceptors (Lipinski definition) is 3. The Morgan fingerprint density at radius 2 is 2.06 bits per heavy atom. The van der Waals surface area contributed by atoms with Gasteiger partial charge in [-0.1, -0.05) is 13.8 Å². The summed E-state index contributed by atoms with van der Waals surface area (Å²) in [7, 11) is 0. The quantitative estimate of drug-likeness (QED) is 0.770. The number of rotatable bonds is 5. The number of Topliss-reactive ketones (excluding diaryl/α,β-unsaturated/α-hetero) is 1. The summed E-state index contributed by atoms with van der Waals surface area (Å²) in [5, 5.41) is 2.38. The van der Waals surface area contributed by atoms with Crippen LogP contribution >= 0.6 is 0 Å². The molecule has 0 aliphatic carbocycles. The Morgan fingerprint density at radius 1 is 1.39 bits per heavy atom. The Bertz CT molecular complexity index is 344. The second-order valence-electron chi connectivity index (χ2n) is 4.73. The molecule has 1 heterocycles. The summed E-state index contributed by atoms with van der Waals surface area (Å²) in [6, 6.07) is -0.521. The number of likely N-dealkylation sites (tertiary alicyclic amines) is 1. The van der Waals surface area contributed by atoms with Crippen molar-refractivity contribution in [1.29, 1.82) is 0 Å². The normalized spacial score (nSPS) is 19.1. The largest absolute Gasteiger partial charge is 0.347 e. The highest BCUT2D eigenvalue weighted by molar-refractivity contribution is 5.92. The number of nitrogens with one attached hydrogen (secondary N) is 1. The fourth-order valence-corrected chi connectivity index (χ4v) is 1.99. The molecule has 0 aromatic heterocycles. The van der Waals surface area contributed by atoms with Crippen molar-refractivity contribution < 1.29 is 18.8 Å². The van der Waals surface area contributed by atoms with Crippen LogP contribution in [0.1, 0.15) is 26.7 Å². The topological polar surface area (TPSA) is 66.5 Å². The minimum atomic E-state index is -1.08. The van der Waals surface area contributed by atoms with Crippen molar-refractivity contribution in [3.8, 4) is 0 Å². The Kier molecular flexibility index (Phi) is 5.25. The van der Waals surface area contributed by atoms with Crippen LogP contribution in [0.25, 0.3) is 0 Å². The molecule has 2 amide bonds. The van der Waals surface area contributed by atoms with Crippen molar-refractivity contribution in [3.63, 3.8) is 0 Å². The Balaban J connectivity index is 2.56. The van der Waals surface area contributed by atoms with Crippen molar-refractivity contribution in [2.24, 2.45) is 5.92 Å². The van der Waals surface area contributed by atoms with Crippen LogP contribution in [-0.2, 0) is 14.4 Å². The molecular weight excluding hydrogens is 239 g/mol. The van der Waals surface area contributed by atoms with Crippen LogP contribution in [0.15, 0.2) is 0 Å². The molecule has 6 heteroatoms. The smallest absolute Gasteiger partial charge is 0.243 e. The average Bonchev–Trinajstić information content (AvgIpc) is 2.83. The van der Waals surface area contributed by atoms with Gasteiger partial charge in [0.2, 0.25) is 11.8 Å². The third-order valence-electron chi connectivity index (χ3n) is 2.94. The van der Waals surface area contributed by atoms with E-state index in [1.54, 1.807) is 18.7 Å². The highest BCUT2D eigenvalue weighted by Crippen LogP contribution is 2.19. The zero-order valence-electron chi connectivity index (χ0n) is 10.7. The summed E-state index contributed by atoms with van der Waals surface area (Å²) in [5.74, 6) is -1.26. The number of hydrogen-bond donors (Lipinski definition) is 1. The van der Waals surface area contributed by atoms with Gasteiger partial charge in [-0.05, 0) is 12.8 Å². The first-order valence-electron chi connectivity index (χ1n) is 6.13. The van der Waals surface area contributed by atoms with Crippen molar-refractivity contribution in [1.82, 2.24) is 10.2 Å². The number of carbonyl (C=O) groups excluding carboxylic acids is 3. The van der Waals surface area contributed by atoms with Gasteiger partial charge in [-0.25, -0.2) is 4.39 Å². The molecule has 5 nitrogen and oxygen atoms in total. The molecule has 1 aliphatic heterocycles. The van der Waals surface area contributed by atoms with Crippen LogP contribution in [0.5, 0.6) is 0 Å². The predicted octanol–water partition coefficient (Wildman–Crippen LogP) is 0.288. The van der Waals surface area contributed by atoms with E-state index in [4.69, 9.17) is 0 Å². The SMILES string of the molecule is CC(C)C(=O)N1CCC[C@H]1C(=O)NCC(=O)CF. The predicted molar refractivity (Wildman–Crippen MR) is 63.6 cm³/mol. The van der Waals surface area contributed by atoms with Gasteiger partial charge in [0.25, 0.3) is 0 Å². The molecule has 1 rings (SSSR count). The summed E-state index contributed by atoms with van der Waals surface area (Å²) < 4.78 is 12.0. The fraction of sp³-hybridized carbons (Fsp3) is 0.750. The highest BCUT2D eigenvalue weighted by Gasteiger charge is 2.34. The van der Waals surface area contributed by atoms with E-state index in [1.807, 2.05) is 0 Å². The van der Waals surface area contributed by atoms with Crippen LogP contribution in [0.3, 0.4) is 0 Å². The molecule has 1 N–H and O–H groups in total. The summed E-state index contributed by atoms with van der Waals surface area (Å²) in [6.45, 7) is 2.73. The van der Waals surface area contributed by atoms with Crippen LogP contribution in [0.2, 0.25) is 0 Å². The van der Waals surface area contributed by atoms with E-state index < -0.39 is 18.5 Å². The van der Waals surface area contributed by atoms with Crippen LogP contribution in [0, 0.1) is 5.92 Å². The summed E-state index contributed by atoms with van der Waals surface area (Å²) >= 11 is 0. The van der Waals surface area contributed by atoms with E-state index in [2.05, 4.69) is 5.32 Å². The van der Waals surface area contributed by atoms with Crippen molar-refractivity contribution in [3.05, 3.63) is 0 Å². The van der Waals surface area contributed by atoms with Crippen molar-refractivity contribution >= 4 is 17.6 Å². The monoisotopic (exact) mass is 258 g/mol. The lowest BCUT2D eigenvalue weighted by molar-refractivity contribution is -0.141.